The summed E-state index contributed by atoms with van der Waals surface area (Å²) in [4.78, 5) is 17.1. The van der Waals surface area contributed by atoms with E-state index in [1.165, 1.54) is 12.1 Å². The van der Waals surface area contributed by atoms with E-state index in [9.17, 15) is 9.18 Å². The van der Waals surface area contributed by atoms with Crippen molar-refractivity contribution in [2.24, 2.45) is 0 Å². The quantitative estimate of drug-likeness (QED) is 0.712. The van der Waals surface area contributed by atoms with Crippen molar-refractivity contribution in [3.05, 3.63) is 95.0 Å². The molecule has 0 bridgehead atoms. The maximum absolute atomic E-state index is 13.2. The molecule has 0 spiro atoms. The van der Waals surface area contributed by atoms with Gasteiger partial charge in [0.15, 0.2) is 0 Å². The number of carbonyl (C=O) groups excluding carboxylic acids is 1. The van der Waals surface area contributed by atoms with Gasteiger partial charge < -0.3 is 5.32 Å². The van der Waals surface area contributed by atoms with Crippen LogP contribution in [0.3, 0.4) is 0 Å². The Morgan fingerprint density at radius 3 is 2.56 bits per heavy atom. The molecule has 126 valence electrons. The number of anilines is 1. The first-order chi connectivity index (χ1) is 12.1. The Hall–Kier alpha value is -2.72. The molecular weight excluding hydrogens is 339 g/mol. The SMILES string of the molecule is O=C(Nc1cccc(Cl)c1)C(Cc1ccccn1)c1ccc(F)cc1. The zero-order chi connectivity index (χ0) is 17.6. The second-order valence-corrected chi connectivity index (χ2v) is 6.07. The zero-order valence-electron chi connectivity index (χ0n) is 13.3. The van der Waals surface area contributed by atoms with Crippen LogP contribution < -0.4 is 5.32 Å². The summed E-state index contributed by atoms with van der Waals surface area (Å²) in [5.74, 6) is -1.02. The highest BCUT2D eigenvalue weighted by atomic mass is 35.5. The number of hydrogen-bond donors (Lipinski definition) is 1. The molecule has 0 aliphatic rings. The normalized spacial score (nSPS) is 11.8. The van der Waals surface area contributed by atoms with Crippen molar-refractivity contribution < 1.29 is 9.18 Å². The van der Waals surface area contributed by atoms with Crippen LogP contribution in [0, 0.1) is 5.82 Å². The first kappa shape index (κ1) is 17.1. The van der Waals surface area contributed by atoms with Crippen LogP contribution in [0.15, 0.2) is 72.9 Å². The van der Waals surface area contributed by atoms with E-state index in [1.807, 2.05) is 18.2 Å². The molecule has 1 heterocycles. The lowest BCUT2D eigenvalue weighted by Gasteiger charge is -2.17. The summed E-state index contributed by atoms with van der Waals surface area (Å²) in [6, 6.07) is 18.5. The van der Waals surface area contributed by atoms with Crippen LogP contribution in [-0.2, 0) is 11.2 Å². The lowest BCUT2D eigenvalue weighted by Crippen LogP contribution is -2.23. The molecular formula is C20H16ClFN2O. The maximum atomic E-state index is 13.2. The van der Waals surface area contributed by atoms with Gasteiger partial charge in [-0.05, 0) is 48.0 Å². The summed E-state index contributed by atoms with van der Waals surface area (Å²) in [6.07, 6.45) is 2.10. The molecule has 5 heteroatoms. The summed E-state index contributed by atoms with van der Waals surface area (Å²) in [5, 5.41) is 3.41. The lowest BCUT2D eigenvalue weighted by atomic mass is 9.93. The van der Waals surface area contributed by atoms with E-state index in [4.69, 9.17) is 11.6 Å². The average Bonchev–Trinajstić information content (AvgIpc) is 2.61. The van der Waals surface area contributed by atoms with Crippen molar-refractivity contribution in [1.82, 2.24) is 4.98 Å². The van der Waals surface area contributed by atoms with Gasteiger partial charge in [0.05, 0.1) is 5.92 Å². The van der Waals surface area contributed by atoms with Crippen LogP contribution in [0.1, 0.15) is 17.2 Å². The number of aromatic nitrogens is 1. The molecule has 25 heavy (non-hydrogen) atoms. The van der Waals surface area contributed by atoms with Gasteiger partial charge in [0.25, 0.3) is 0 Å². The van der Waals surface area contributed by atoms with Crippen LogP contribution >= 0.6 is 11.6 Å². The van der Waals surface area contributed by atoms with E-state index in [0.29, 0.717) is 17.1 Å². The zero-order valence-corrected chi connectivity index (χ0v) is 14.1. The second-order valence-electron chi connectivity index (χ2n) is 5.63. The molecule has 1 N–H and O–H groups in total. The van der Waals surface area contributed by atoms with Gasteiger partial charge in [-0.3, -0.25) is 9.78 Å². The molecule has 3 aromatic rings. The van der Waals surface area contributed by atoms with Crippen molar-refractivity contribution in [2.45, 2.75) is 12.3 Å². The van der Waals surface area contributed by atoms with E-state index < -0.39 is 5.92 Å². The minimum Gasteiger partial charge on any atom is -0.326 e. The third kappa shape index (κ3) is 4.64. The van der Waals surface area contributed by atoms with Crippen LogP contribution in [0.25, 0.3) is 0 Å². The molecule has 0 fully saturated rings. The van der Waals surface area contributed by atoms with Crippen LogP contribution in [0.5, 0.6) is 0 Å². The Balaban J connectivity index is 1.87. The first-order valence-electron chi connectivity index (χ1n) is 7.83. The molecule has 0 radical (unpaired) electrons. The fraction of sp³-hybridized carbons (Fsp3) is 0.100. The van der Waals surface area contributed by atoms with Gasteiger partial charge in [0.2, 0.25) is 5.91 Å². The lowest BCUT2D eigenvalue weighted by molar-refractivity contribution is -0.117. The molecule has 0 saturated carbocycles. The molecule has 3 nitrogen and oxygen atoms in total. The first-order valence-corrected chi connectivity index (χ1v) is 8.21. The van der Waals surface area contributed by atoms with E-state index in [2.05, 4.69) is 10.3 Å². The third-order valence-corrected chi connectivity index (χ3v) is 4.06. The number of nitrogens with zero attached hydrogens (tertiary/aromatic N) is 1. The number of pyridine rings is 1. The van der Waals surface area contributed by atoms with Gasteiger partial charge in [0, 0.05) is 29.0 Å². The summed E-state index contributed by atoms with van der Waals surface area (Å²) in [5.41, 5.74) is 2.13. The molecule has 1 aromatic heterocycles. The molecule has 0 saturated heterocycles. The largest absolute Gasteiger partial charge is 0.326 e. The monoisotopic (exact) mass is 354 g/mol. The van der Waals surface area contributed by atoms with Crippen molar-refractivity contribution in [3.63, 3.8) is 0 Å². The Morgan fingerprint density at radius 1 is 1.08 bits per heavy atom. The van der Waals surface area contributed by atoms with E-state index in [0.717, 1.165) is 11.3 Å². The Kier molecular flexibility index (Phi) is 5.41. The summed E-state index contributed by atoms with van der Waals surface area (Å²) in [6.45, 7) is 0. The van der Waals surface area contributed by atoms with E-state index in [1.54, 1.807) is 42.6 Å². The maximum Gasteiger partial charge on any atom is 0.232 e. The highest BCUT2D eigenvalue weighted by molar-refractivity contribution is 6.30. The minimum absolute atomic E-state index is 0.195. The second kappa shape index (κ2) is 7.90. The van der Waals surface area contributed by atoms with Crippen LogP contribution in [0.4, 0.5) is 10.1 Å². The number of benzene rings is 2. The number of amides is 1. The number of halogens is 2. The van der Waals surface area contributed by atoms with Crippen molar-refractivity contribution >= 4 is 23.2 Å². The van der Waals surface area contributed by atoms with Gasteiger partial charge >= 0.3 is 0 Å². The summed E-state index contributed by atoms with van der Waals surface area (Å²) >= 11 is 5.97. The van der Waals surface area contributed by atoms with Crippen LogP contribution in [-0.4, -0.2) is 10.9 Å². The predicted octanol–water partition coefficient (Wildman–Crippen LogP) is 4.84. The Bertz CT molecular complexity index is 853. The van der Waals surface area contributed by atoms with Crippen LogP contribution in [0.2, 0.25) is 5.02 Å². The third-order valence-electron chi connectivity index (χ3n) is 3.82. The predicted molar refractivity (Wildman–Crippen MR) is 97.2 cm³/mol. The van der Waals surface area contributed by atoms with E-state index >= 15 is 0 Å². The summed E-state index contributed by atoms with van der Waals surface area (Å²) in [7, 11) is 0. The Labute approximate surface area is 150 Å². The number of carbonyl (C=O) groups is 1. The highest BCUT2D eigenvalue weighted by Gasteiger charge is 2.22. The molecule has 1 atom stereocenters. The number of nitrogens with one attached hydrogen (secondary N) is 1. The number of rotatable bonds is 5. The number of hydrogen-bond acceptors (Lipinski definition) is 2. The summed E-state index contributed by atoms with van der Waals surface area (Å²) < 4.78 is 13.2. The van der Waals surface area contributed by atoms with Gasteiger partial charge in [-0.25, -0.2) is 4.39 Å². The van der Waals surface area contributed by atoms with Crippen molar-refractivity contribution in [3.8, 4) is 0 Å². The smallest absolute Gasteiger partial charge is 0.232 e. The van der Waals surface area contributed by atoms with Gasteiger partial charge in [-0.15, -0.1) is 0 Å². The molecule has 2 aromatic carbocycles. The van der Waals surface area contributed by atoms with Gasteiger partial charge in [-0.1, -0.05) is 35.9 Å². The highest BCUT2D eigenvalue weighted by Crippen LogP contribution is 2.24. The molecule has 0 aliphatic carbocycles. The minimum atomic E-state index is -0.491. The fourth-order valence-corrected chi connectivity index (χ4v) is 2.77. The van der Waals surface area contributed by atoms with E-state index in [-0.39, 0.29) is 11.7 Å². The topological polar surface area (TPSA) is 42.0 Å². The fourth-order valence-electron chi connectivity index (χ4n) is 2.58. The molecule has 1 unspecified atom stereocenters. The average molecular weight is 355 g/mol. The Morgan fingerprint density at radius 2 is 1.88 bits per heavy atom. The molecule has 1 amide bonds. The van der Waals surface area contributed by atoms with Gasteiger partial charge in [-0.2, -0.15) is 0 Å². The standard InChI is InChI=1S/C20H16ClFN2O/c21-15-4-3-6-18(12-15)24-20(25)19(13-17-5-1-2-11-23-17)14-7-9-16(22)10-8-14/h1-12,19H,13H2,(H,24,25). The van der Waals surface area contributed by atoms with Crippen molar-refractivity contribution in [1.29, 1.82) is 0 Å². The van der Waals surface area contributed by atoms with Crippen molar-refractivity contribution in [2.75, 3.05) is 5.32 Å². The molecule has 3 rings (SSSR count). The van der Waals surface area contributed by atoms with Gasteiger partial charge in [0.1, 0.15) is 5.82 Å². The molecule has 0 aliphatic heterocycles.